The third-order valence-corrected chi connectivity index (χ3v) is 3.95. The predicted octanol–water partition coefficient (Wildman–Crippen LogP) is -2.95. The van der Waals surface area contributed by atoms with Crippen molar-refractivity contribution in [2.45, 2.75) is 24.5 Å². The van der Waals surface area contributed by atoms with E-state index in [4.69, 9.17) is 20.3 Å². The molecule has 133 valence electrons. The molecule has 1 aliphatic heterocycles. The van der Waals surface area contributed by atoms with E-state index in [1.54, 1.807) is 0 Å². The summed E-state index contributed by atoms with van der Waals surface area (Å²) >= 11 is 0. The van der Waals surface area contributed by atoms with Crippen LogP contribution < -0.4 is 11.3 Å². The summed E-state index contributed by atoms with van der Waals surface area (Å²) in [7, 11) is -4.76. The maximum atomic E-state index is 11.7. The van der Waals surface area contributed by atoms with E-state index in [1.165, 1.54) is 10.9 Å². The Morgan fingerprint density at radius 2 is 2.08 bits per heavy atom. The monoisotopic (exact) mass is 386 g/mol. The summed E-state index contributed by atoms with van der Waals surface area (Å²) in [5, 5.41) is 20.1. The topological polar surface area (TPSA) is 206 Å². The van der Waals surface area contributed by atoms with Gasteiger partial charge in [-0.25, -0.2) is 9.55 Å². The second kappa shape index (κ2) is 7.40. The number of fused-ring (bicyclic) bond motifs is 1. The van der Waals surface area contributed by atoms with Gasteiger partial charge < -0.3 is 30.5 Å². The van der Waals surface area contributed by atoms with Gasteiger partial charge in [0.1, 0.15) is 18.3 Å². The molecule has 1 saturated heterocycles. The molecule has 3 rings (SSSR count). The molecule has 0 bridgehead atoms. The number of phosphoric ester groups is 1. The van der Waals surface area contributed by atoms with Crippen LogP contribution in [0.3, 0.4) is 0 Å². The summed E-state index contributed by atoms with van der Waals surface area (Å²) in [6.07, 6.45) is -4.22. The van der Waals surface area contributed by atoms with E-state index in [2.05, 4.69) is 19.5 Å². The number of imidazole rings is 1. The fraction of sp³-hybridized carbons (Fsp3) is 0.500. The normalized spacial score (nSPS) is 26.7. The third kappa shape index (κ3) is 4.11. The van der Waals surface area contributed by atoms with Crippen molar-refractivity contribution in [1.82, 2.24) is 19.5 Å². The van der Waals surface area contributed by atoms with Crippen molar-refractivity contribution in [2.75, 3.05) is 12.3 Å². The molecular formula is C10H14N5NaO8P. The number of aromatic nitrogens is 4. The van der Waals surface area contributed by atoms with Gasteiger partial charge in [-0.3, -0.25) is 18.9 Å². The SMILES string of the molecule is Nc1nc2c(ncn2C2OC(COP(=O)(O)O)C(O)C2O)c(=O)[nH]1.[Na]. The Labute approximate surface area is 161 Å². The van der Waals surface area contributed by atoms with Crippen molar-refractivity contribution < 1.29 is 33.8 Å². The van der Waals surface area contributed by atoms with Crippen molar-refractivity contribution in [3.05, 3.63) is 16.7 Å². The molecule has 1 radical (unpaired) electrons. The van der Waals surface area contributed by atoms with Gasteiger partial charge in [0.15, 0.2) is 17.4 Å². The minimum absolute atomic E-state index is 0. The molecule has 15 heteroatoms. The van der Waals surface area contributed by atoms with E-state index in [0.29, 0.717) is 0 Å². The fourth-order valence-electron chi connectivity index (χ4n) is 2.40. The number of hydrogen-bond acceptors (Lipinski definition) is 9. The van der Waals surface area contributed by atoms with Crippen LogP contribution in [0.15, 0.2) is 11.1 Å². The van der Waals surface area contributed by atoms with Gasteiger partial charge in [0.2, 0.25) is 5.95 Å². The summed E-state index contributed by atoms with van der Waals surface area (Å²) in [6, 6.07) is 0. The van der Waals surface area contributed by atoms with Crippen LogP contribution >= 0.6 is 7.82 Å². The van der Waals surface area contributed by atoms with Gasteiger partial charge in [0.25, 0.3) is 5.56 Å². The Morgan fingerprint density at radius 3 is 2.72 bits per heavy atom. The fourth-order valence-corrected chi connectivity index (χ4v) is 2.74. The Hall–Kier alpha value is -0.860. The third-order valence-electron chi connectivity index (χ3n) is 3.47. The summed E-state index contributed by atoms with van der Waals surface area (Å²) in [5.41, 5.74) is 4.84. The van der Waals surface area contributed by atoms with E-state index in [9.17, 15) is 19.6 Å². The molecule has 0 aromatic carbocycles. The van der Waals surface area contributed by atoms with Crippen molar-refractivity contribution in [3.8, 4) is 0 Å². The van der Waals surface area contributed by atoms with Gasteiger partial charge in [0.05, 0.1) is 12.9 Å². The summed E-state index contributed by atoms with van der Waals surface area (Å²) in [5.74, 6) is -0.177. The van der Waals surface area contributed by atoms with Crippen LogP contribution in [0.4, 0.5) is 5.95 Å². The van der Waals surface area contributed by atoms with Crippen LogP contribution in [0, 0.1) is 0 Å². The molecule has 2 aromatic rings. The number of nitrogen functional groups attached to an aromatic ring is 1. The standard InChI is InChI=1S/C10H14N5O8P.Na/c11-10-13-7-4(8(18)14-10)12-2-15(7)9-6(17)5(16)3(23-9)1-22-24(19,20)21;/h2-3,5-6,9,16-17H,1H2,(H2,19,20,21)(H3,11,13,14,18);. The maximum absolute atomic E-state index is 11.7. The van der Waals surface area contributed by atoms with Crippen LogP contribution in [0.2, 0.25) is 0 Å². The Morgan fingerprint density at radius 1 is 1.40 bits per heavy atom. The first-order valence-corrected chi connectivity index (χ1v) is 8.14. The number of nitrogens with two attached hydrogens (primary N) is 1. The quantitative estimate of drug-likeness (QED) is 0.231. The number of phosphoric acid groups is 1. The van der Waals surface area contributed by atoms with Crippen molar-refractivity contribution >= 4 is 54.5 Å². The first-order chi connectivity index (χ1) is 11.2. The predicted molar refractivity (Wildman–Crippen MR) is 82.2 cm³/mol. The molecule has 4 atom stereocenters. The van der Waals surface area contributed by atoms with Crippen LogP contribution in [-0.2, 0) is 13.8 Å². The molecule has 4 unspecified atom stereocenters. The molecule has 1 aliphatic rings. The Balaban J connectivity index is 0.00000225. The molecule has 2 aromatic heterocycles. The average molecular weight is 386 g/mol. The number of aliphatic hydroxyl groups excluding tert-OH is 2. The number of hydrogen-bond donors (Lipinski definition) is 6. The second-order valence-corrected chi connectivity index (χ2v) is 6.35. The first kappa shape index (κ1) is 20.5. The molecule has 13 nitrogen and oxygen atoms in total. The van der Waals surface area contributed by atoms with Gasteiger partial charge in [-0.2, -0.15) is 4.98 Å². The number of ether oxygens (including phenoxy) is 1. The molecule has 0 spiro atoms. The van der Waals surface area contributed by atoms with E-state index in [1.807, 2.05) is 0 Å². The molecule has 0 aliphatic carbocycles. The van der Waals surface area contributed by atoms with Gasteiger partial charge >= 0.3 is 7.82 Å². The first-order valence-electron chi connectivity index (χ1n) is 6.61. The van der Waals surface area contributed by atoms with E-state index < -0.39 is 44.5 Å². The van der Waals surface area contributed by atoms with Crippen LogP contribution in [0.5, 0.6) is 0 Å². The maximum Gasteiger partial charge on any atom is 0.469 e. The van der Waals surface area contributed by atoms with Gasteiger partial charge in [-0.1, -0.05) is 0 Å². The van der Waals surface area contributed by atoms with Gasteiger partial charge in [-0.05, 0) is 0 Å². The van der Waals surface area contributed by atoms with Crippen molar-refractivity contribution in [3.63, 3.8) is 0 Å². The molecule has 7 N–H and O–H groups in total. The van der Waals surface area contributed by atoms with Crippen molar-refractivity contribution in [2.24, 2.45) is 0 Å². The zero-order chi connectivity index (χ0) is 17.6. The number of nitrogens with one attached hydrogen (secondary N) is 1. The molecule has 0 saturated carbocycles. The van der Waals surface area contributed by atoms with Crippen LogP contribution in [-0.4, -0.2) is 94.0 Å². The molecular weight excluding hydrogens is 372 g/mol. The average Bonchev–Trinajstić information content (AvgIpc) is 3.00. The van der Waals surface area contributed by atoms with E-state index >= 15 is 0 Å². The molecule has 3 heterocycles. The Kier molecular flexibility index (Phi) is 6.06. The molecule has 0 amide bonds. The number of H-pyrrole nitrogens is 1. The number of nitrogens with zero attached hydrogens (tertiary/aromatic N) is 3. The smallest absolute Gasteiger partial charge is 0.387 e. The minimum Gasteiger partial charge on any atom is -0.387 e. The summed E-state index contributed by atoms with van der Waals surface area (Å²) < 4.78 is 21.6. The van der Waals surface area contributed by atoms with Crippen LogP contribution in [0.25, 0.3) is 11.2 Å². The largest absolute Gasteiger partial charge is 0.469 e. The van der Waals surface area contributed by atoms with Gasteiger partial charge in [-0.15, -0.1) is 0 Å². The minimum atomic E-state index is -4.76. The summed E-state index contributed by atoms with van der Waals surface area (Å²) in [4.78, 5) is 39.1. The molecule has 1 fully saturated rings. The Bertz CT molecular complexity index is 867. The van der Waals surface area contributed by atoms with E-state index in [-0.39, 0.29) is 46.7 Å². The zero-order valence-electron chi connectivity index (χ0n) is 12.9. The van der Waals surface area contributed by atoms with Crippen LogP contribution in [0.1, 0.15) is 6.23 Å². The van der Waals surface area contributed by atoms with Gasteiger partial charge in [0, 0.05) is 29.6 Å². The van der Waals surface area contributed by atoms with E-state index in [0.717, 1.165) is 0 Å². The van der Waals surface area contributed by atoms with Crippen molar-refractivity contribution in [1.29, 1.82) is 0 Å². The number of aliphatic hydroxyl groups is 2. The number of rotatable bonds is 4. The molecule has 25 heavy (non-hydrogen) atoms. The number of aromatic amines is 1. The summed E-state index contributed by atoms with van der Waals surface area (Å²) in [6.45, 7) is -0.651. The second-order valence-electron chi connectivity index (χ2n) is 5.11. The number of anilines is 1. The zero-order valence-corrected chi connectivity index (χ0v) is 15.8.